The van der Waals surface area contributed by atoms with Gasteiger partial charge in [-0.25, -0.2) is 4.68 Å². The first kappa shape index (κ1) is 19.2. The van der Waals surface area contributed by atoms with E-state index >= 15 is 0 Å². The van der Waals surface area contributed by atoms with Crippen LogP contribution in [0.1, 0.15) is 48.2 Å². The molecule has 3 heterocycles. The molecule has 1 atom stereocenters. The topological polar surface area (TPSA) is 78.0 Å². The van der Waals surface area contributed by atoms with Gasteiger partial charge in [-0.15, -0.1) is 16.4 Å². The smallest absolute Gasteiger partial charge is 0.279 e. The van der Waals surface area contributed by atoms with Crippen LogP contribution in [0.25, 0.3) is 21.2 Å². The standard InChI is InChI=1S/C23H23N3O3S/c1-23(2,3)14-8-9-15-19(11-14)30-21-20(15)22(28)26(25-24-21)12-16(27)18-10-13-6-4-5-7-17(13)29-18/h4-7,10,14H,8-9,11-12H2,1-3H3/t14-/m1/s1. The summed E-state index contributed by atoms with van der Waals surface area (Å²) < 4.78 is 6.80. The van der Waals surface area contributed by atoms with E-state index in [0.717, 1.165) is 30.2 Å². The summed E-state index contributed by atoms with van der Waals surface area (Å²) in [6, 6.07) is 9.14. The maximum absolute atomic E-state index is 13.2. The second kappa shape index (κ2) is 6.87. The lowest BCUT2D eigenvalue weighted by atomic mass is 9.72. The van der Waals surface area contributed by atoms with E-state index in [2.05, 4.69) is 31.1 Å². The Morgan fingerprint density at radius 1 is 1.30 bits per heavy atom. The zero-order valence-electron chi connectivity index (χ0n) is 17.3. The minimum Gasteiger partial charge on any atom is -0.453 e. The van der Waals surface area contributed by atoms with Crippen molar-refractivity contribution in [2.24, 2.45) is 11.3 Å². The Morgan fingerprint density at radius 2 is 2.10 bits per heavy atom. The van der Waals surface area contributed by atoms with E-state index in [1.165, 1.54) is 9.56 Å². The van der Waals surface area contributed by atoms with Crippen molar-refractivity contribution in [1.82, 2.24) is 15.0 Å². The van der Waals surface area contributed by atoms with Crippen LogP contribution in [0.2, 0.25) is 0 Å². The highest BCUT2D eigenvalue weighted by molar-refractivity contribution is 7.18. The van der Waals surface area contributed by atoms with Crippen molar-refractivity contribution < 1.29 is 9.21 Å². The second-order valence-electron chi connectivity index (χ2n) is 9.11. The normalized spacial score (nSPS) is 16.8. The molecule has 4 aromatic rings. The van der Waals surface area contributed by atoms with E-state index in [-0.39, 0.29) is 29.1 Å². The van der Waals surface area contributed by atoms with Crippen molar-refractivity contribution in [3.05, 3.63) is 56.9 Å². The number of aryl methyl sites for hydroxylation is 1. The molecule has 1 aliphatic rings. The zero-order valence-corrected chi connectivity index (χ0v) is 18.1. The molecular weight excluding hydrogens is 398 g/mol. The number of hydrogen-bond donors (Lipinski definition) is 0. The first-order valence-corrected chi connectivity index (χ1v) is 11.0. The van der Waals surface area contributed by atoms with Crippen LogP contribution in [-0.2, 0) is 19.4 Å². The molecule has 0 spiro atoms. The van der Waals surface area contributed by atoms with Crippen molar-refractivity contribution in [3.8, 4) is 0 Å². The van der Waals surface area contributed by atoms with Gasteiger partial charge in [-0.1, -0.05) is 44.2 Å². The van der Waals surface area contributed by atoms with Gasteiger partial charge in [0, 0.05) is 10.3 Å². The quantitative estimate of drug-likeness (QED) is 0.451. The number of hydrogen-bond acceptors (Lipinski definition) is 6. The summed E-state index contributed by atoms with van der Waals surface area (Å²) >= 11 is 1.57. The lowest BCUT2D eigenvalue weighted by Gasteiger charge is -2.33. The molecule has 0 unspecified atom stereocenters. The largest absolute Gasteiger partial charge is 0.453 e. The van der Waals surface area contributed by atoms with Crippen molar-refractivity contribution in [3.63, 3.8) is 0 Å². The van der Waals surface area contributed by atoms with Crippen molar-refractivity contribution in [2.75, 3.05) is 0 Å². The highest BCUT2D eigenvalue weighted by Crippen LogP contribution is 2.41. The molecule has 3 aromatic heterocycles. The third-order valence-electron chi connectivity index (χ3n) is 6.16. The fourth-order valence-electron chi connectivity index (χ4n) is 4.30. The number of benzene rings is 1. The molecule has 0 fully saturated rings. The van der Waals surface area contributed by atoms with E-state index in [1.807, 2.05) is 24.3 Å². The van der Waals surface area contributed by atoms with E-state index in [4.69, 9.17) is 4.42 Å². The number of Topliss-reactive ketones (excluding diaryl/α,β-unsaturated/α-hetero) is 1. The van der Waals surface area contributed by atoms with Gasteiger partial charge in [0.15, 0.2) is 10.6 Å². The van der Waals surface area contributed by atoms with Gasteiger partial charge in [-0.3, -0.25) is 9.59 Å². The third kappa shape index (κ3) is 3.17. The van der Waals surface area contributed by atoms with Crippen molar-refractivity contribution >= 4 is 38.3 Å². The molecule has 1 aliphatic carbocycles. The fraction of sp³-hybridized carbons (Fsp3) is 0.391. The first-order chi connectivity index (χ1) is 14.3. The van der Waals surface area contributed by atoms with Crippen LogP contribution in [0.3, 0.4) is 0 Å². The van der Waals surface area contributed by atoms with Crippen LogP contribution < -0.4 is 5.56 Å². The van der Waals surface area contributed by atoms with Gasteiger partial charge in [-0.05, 0) is 48.3 Å². The van der Waals surface area contributed by atoms with E-state index in [0.29, 0.717) is 21.7 Å². The Kier molecular flexibility index (Phi) is 4.39. The number of para-hydroxylation sites is 1. The van der Waals surface area contributed by atoms with Crippen LogP contribution >= 0.6 is 11.3 Å². The van der Waals surface area contributed by atoms with Crippen LogP contribution in [0.4, 0.5) is 0 Å². The monoisotopic (exact) mass is 421 g/mol. The minimum absolute atomic E-state index is 0.184. The minimum atomic E-state index is -0.293. The predicted molar refractivity (Wildman–Crippen MR) is 117 cm³/mol. The average Bonchev–Trinajstić information content (AvgIpc) is 3.30. The van der Waals surface area contributed by atoms with E-state index in [9.17, 15) is 9.59 Å². The predicted octanol–water partition coefficient (Wildman–Crippen LogP) is 4.63. The summed E-state index contributed by atoms with van der Waals surface area (Å²) in [5, 5.41) is 9.80. The molecule has 5 rings (SSSR count). The van der Waals surface area contributed by atoms with Crippen LogP contribution in [0.15, 0.2) is 39.5 Å². The molecule has 7 heteroatoms. The molecule has 0 amide bonds. The molecule has 1 aromatic carbocycles. The lowest BCUT2D eigenvalue weighted by molar-refractivity contribution is 0.0939. The third-order valence-corrected chi connectivity index (χ3v) is 7.30. The molecule has 0 saturated carbocycles. The summed E-state index contributed by atoms with van der Waals surface area (Å²) in [7, 11) is 0. The molecule has 0 aliphatic heterocycles. The molecular formula is C23H23N3O3S. The number of aromatic nitrogens is 3. The molecule has 0 radical (unpaired) electrons. The van der Waals surface area contributed by atoms with Crippen LogP contribution in [0.5, 0.6) is 0 Å². The summed E-state index contributed by atoms with van der Waals surface area (Å²) in [6.07, 6.45) is 2.90. The Bertz CT molecular complexity index is 1310. The Labute approximate surface area is 177 Å². The summed E-state index contributed by atoms with van der Waals surface area (Å²) in [4.78, 5) is 27.8. The van der Waals surface area contributed by atoms with Gasteiger partial charge in [0.25, 0.3) is 5.56 Å². The maximum atomic E-state index is 13.2. The van der Waals surface area contributed by atoms with Gasteiger partial charge in [0.2, 0.25) is 5.78 Å². The molecule has 6 nitrogen and oxygen atoms in total. The number of rotatable bonds is 3. The van der Waals surface area contributed by atoms with Gasteiger partial charge in [0.05, 0.1) is 5.39 Å². The average molecular weight is 422 g/mol. The first-order valence-electron chi connectivity index (χ1n) is 10.2. The van der Waals surface area contributed by atoms with Crippen molar-refractivity contribution in [2.45, 2.75) is 46.6 Å². The summed E-state index contributed by atoms with van der Waals surface area (Å²) in [5.41, 5.74) is 1.74. The lowest BCUT2D eigenvalue weighted by Crippen LogP contribution is -2.29. The summed E-state index contributed by atoms with van der Waals surface area (Å²) in [6.45, 7) is 6.63. The van der Waals surface area contributed by atoms with Gasteiger partial charge >= 0.3 is 0 Å². The molecule has 0 saturated heterocycles. The second-order valence-corrected chi connectivity index (χ2v) is 10.2. The van der Waals surface area contributed by atoms with Crippen molar-refractivity contribution in [1.29, 1.82) is 0 Å². The number of nitrogens with zero attached hydrogens (tertiary/aromatic N) is 3. The van der Waals surface area contributed by atoms with Gasteiger partial charge in [0.1, 0.15) is 12.1 Å². The number of carbonyl (C=O) groups is 1. The Morgan fingerprint density at radius 3 is 2.87 bits per heavy atom. The van der Waals surface area contributed by atoms with Gasteiger partial charge in [-0.2, -0.15) is 0 Å². The Hall–Kier alpha value is -2.80. The molecule has 30 heavy (non-hydrogen) atoms. The number of furan rings is 1. The molecule has 0 N–H and O–H groups in total. The zero-order chi connectivity index (χ0) is 21.0. The Balaban J connectivity index is 1.48. The highest BCUT2D eigenvalue weighted by atomic mass is 32.1. The number of ketones is 1. The van der Waals surface area contributed by atoms with Gasteiger partial charge < -0.3 is 4.42 Å². The molecule has 154 valence electrons. The maximum Gasteiger partial charge on any atom is 0.279 e. The number of fused-ring (bicyclic) bond motifs is 4. The SMILES string of the molecule is CC(C)(C)[C@@H]1CCc2c(sc3nnn(CC(=O)c4cc5ccccc5o4)c(=O)c23)C1. The number of thiophene rings is 1. The van der Waals surface area contributed by atoms with Crippen LogP contribution in [0, 0.1) is 11.3 Å². The highest BCUT2D eigenvalue weighted by Gasteiger charge is 2.32. The molecule has 0 bridgehead atoms. The number of carbonyl (C=O) groups excluding carboxylic acids is 1. The van der Waals surface area contributed by atoms with E-state index in [1.54, 1.807) is 17.4 Å². The van der Waals surface area contributed by atoms with E-state index < -0.39 is 0 Å². The van der Waals surface area contributed by atoms with Crippen LogP contribution in [-0.4, -0.2) is 20.8 Å². The fourth-order valence-corrected chi connectivity index (χ4v) is 5.54. The summed E-state index contributed by atoms with van der Waals surface area (Å²) in [5.74, 6) is 0.520.